The number of hydrogen-bond donors (Lipinski definition) is 1. The van der Waals surface area contributed by atoms with Gasteiger partial charge in [-0.1, -0.05) is 19.9 Å². The van der Waals surface area contributed by atoms with Crippen molar-refractivity contribution in [3.8, 4) is 0 Å². The zero-order chi connectivity index (χ0) is 16.6. The maximum absolute atomic E-state index is 5.64. The van der Waals surface area contributed by atoms with E-state index in [4.69, 9.17) is 12.2 Å². The van der Waals surface area contributed by atoms with Crippen molar-refractivity contribution in [3.63, 3.8) is 0 Å². The number of rotatable bonds is 4. The first kappa shape index (κ1) is 16.0. The summed E-state index contributed by atoms with van der Waals surface area (Å²) in [6.07, 6.45) is 1.85. The average Bonchev–Trinajstić information content (AvgIpc) is 3.01. The topological polar surface area (TPSA) is 33.1 Å². The van der Waals surface area contributed by atoms with E-state index in [-0.39, 0.29) is 12.1 Å². The van der Waals surface area contributed by atoms with Crippen LogP contribution >= 0.6 is 12.2 Å². The molecule has 2 aromatic heterocycles. The van der Waals surface area contributed by atoms with Crippen LogP contribution in [0.15, 0.2) is 36.5 Å². The molecular formula is C18H24N4S. The van der Waals surface area contributed by atoms with Crippen molar-refractivity contribution in [2.24, 2.45) is 13.0 Å². The fourth-order valence-corrected chi connectivity index (χ4v) is 3.56. The lowest BCUT2D eigenvalue weighted by Gasteiger charge is -2.29. The van der Waals surface area contributed by atoms with Crippen LogP contribution in [0.1, 0.15) is 43.0 Å². The van der Waals surface area contributed by atoms with Crippen LogP contribution in [0.25, 0.3) is 0 Å². The van der Waals surface area contributed by atoms with Gasteiger partial charge in [-0.05, 0) is 49.3 Å². The van der Waals surface area contributed by atoms with Crippen LogP contribution in [0, 0.1) is 12.8 Å². The maximum Gasteiger partial charge on any atom is 0.170 e. The van der Waals surface area contributed by atoms with Crippen LogP contribution < -0.4 is 5.32 Å². The molecule has 3 heterocycles. The normalized spacial score (nSPS) is 21.1. The molecule has 0 unspecified atom stereocenters. The minimum absolute atomic E-state index is 0.0791. The molecule has 1 aliphatic rings. The van der Waals surface area contributed by atoms with Crippen LogP contribution in [-0.2, 0) is 7.05 Å². The van der Waals surface area contributed by atoms with E-state index >= 15 is 0 Å². The van der Waals surface area contributed by atoms with Gasteiger partial charge in [-0.2, -0.15) is 0 Å². The smallest absolute Gasteiger partial charge is 0.170 e. The van der Waals surface area contributed by atoms with Crippen molar-refractivity contribution in [2.45, 2.75) is 32.9 Å². The molecule has 0 bridgehead atoms. The molecular weight excluding hydrogens is 304 g/mol. The molecule has 0 radical (unpaired) electrons. The van der Waals surface area contributed by atoms with Crippen molar-refractivity contribution >= 4 is 17.3 Å². The second-order valence-electron chi connectivity index (χ2n) is 6.63. The molecule has 1 aliphatic heterocycles. The number of pyridine rings is 1. The highest BCUT2D eigenvalue weighted by atomic mass is 32.1. The zero-order valence-corrected chi connectivity index (χ0v) is 15.0. The van der Waals surface area contributed by atoms with E-state index in [9.17, 15) is 0 Å². The summed E-state index contributed by atoms with van der Waals surface area (Å²) in [4.78, 5) is 6.88. The third kappa shape index (κ3) is 2.98. The Hall–Kier alpha value is -1.88. The summed E-state index contributed by atoms with van der Waals surface area (Å²) in [5.74, 6) is 0.543. The van der Waals surface area contributed by atoms with Crippen molar-refractivity contribution in [2.75, 3.05) is 6.54 Å². The predicted molar refractivity (Wildman–Crippen MR) is 97.1 cm³/mol. The van der Waals surface area contributed by atoms with E-state index in [0.29, 0.717) is 5.92 Å². The average molecular weight is 328 g/mol. The standard InChI is InChI=1S/C18H24N4S/c1-12(2)11-22-17(15-9-8-13(3)21(15)4)16(20-18(22)23)14-7-5-6-10-19-14/h5-10,12,16-17H,11H2,1-4H3,(H,20,23)/t16-,17-/m0/s1. The largest absolute Gasteiger partial charge is 0.352 e. The minimum Gasteiger partial charge on any atom is -0.352 e. The van der Waals surface area contributed by atoms with E-state index in [1.807, 2.05) is 18.3 Å². The molecule has 1 saturated heterocycles. The van der Waals surface area contributed by atoms with Gasteiger partial charge in [0, 0.05) is 31.2 Å². The van der Waals surface area contributed by atoms with Crippen LogP contribution in [0.2, 0.25) is 0 Å². The Kier molecular flexibility index (Phi) is 4.39. The fourth-order valence-electron chi connectivity index (χ4n) is 3.25. The van der Waals surface area contributed by atoms with Gasteiger partial charge in [-0.3, -0.25) is 4.98 Å². The van der Waals surface area contributed by atoms with Gasteiger partial charge in [0.25, 0.3) is 0 Å². The number of aromatic nitrogens is 2. The molecule has 0 aromatic carbocycles. The summed E-state index contributed by atoms with van der Waals surface area (Å²) in [7, 11) is 2.12. The highest BCUT2D eigenvalue weighted by Crippen LogP contribution is 2.39. The SMILES string of the molecule is Cc1ccc([C@H]2[C@H](c3ccccn3)NC(=S)N2CC(C)C)n1C. The first-order valence-electron chi connectivity index (χ1n) is 8.09. The lowest BCUT2D eigenvalue weighted by atomic mass is 10.0. The molecule has 0 spiro atoms. The van der Waals surface area contributed by atoms with Crippen LogP contribution in [-0.4, -0.2) is 26.1 Å². The van der Waals surface area contributed by atoms with Gasteiger partial charge < -0.3 is 14.8 Å². The molecule has 0 amide bonds. The number of nitrogens with zero attached hydrogens (tertiary/aromatic N) is 3. The predicted octanol–water partition coefficient (Wildman–Crippen LogP) is 3.36. The molecule has 4 nitrogen and oxygen atoms in total. The number of hydrogen-bond acceptors (Lipinski definition) is 2. The van der Waals surface area contributed by atoms with Crippen LogP contribution in [0.4, 0.5) is 0 Å². The van der Waals surface area contributed by atoms with E-state index in [0.717, 1.165) is 17.4 Å². The third-order valence-electron chi connectivity index (χ3n) is 4.47. The Balaban J connectivity index is 2.05. The molecule has 0 saturated carbocycles. The quantitative estimate of drug-likeness (QED) is 0.873. The number of nitrogens with one attached hydrogen (secondary N) is 1. The fraction of sp³-hybridized carbons (Fsp3) is 0.444. The molecule has 2 aromatic rings. The molecule has 122 valence electrons. The molecule has 23 heavy (non-hydrogen) atoms. The van der Waals surface area contributed by atoms with Crippen LogP contribution in [0.5, 0.6) is 0 Å². The van der Waals surface area contributed by atoms with Gasteiger partial charge in [-0.15, -0.1) is 0 Å². The van der Waals surface area contributed by atoms with Crippen molar-refractivity contribution < 1.29 is 0 Å². The zero-order valence-electron chi connectivity index (χ0n) is 14.2. The Morgan fingerprint density at radius 1 is 1.26 bits per heavy atom. The molecule has 5 heteroatoms. The second-order valence-corrected chi connectivity index (χ2v) is 7.02. The number of aryl methyl sites for hydroxylation is 1. The summed E-state index contributed by atoms with van der Waals surface area (Å²) in [6.45, 7) is 7.52. The molecule has 2 atom stereocenters. The van der Waals surface area contributed by atoms with Gasteiger partial charge in [0.1, 0.15) is 0 Å². The van der Waals surface area contributed by atoms with Gasteiger partial charge in [0.2, 0.25) is 0 Å². The van der Waals surface area contributed by atoms with Crippen molar-refractivity contribution in [3.05, 3.63) is 53.6 Å². The third-order valence-corrected chi connectivity index (χ3v) is 4.83. The van der Waals surface area contributed by atoms with Crippen molar-refractivity contribution in [1.82, 2.24) is 19.8 Å². The lowest BCUT2D eigenvalue weighted by Crippen LogP contribution is -2.33. The van der Waals surface area contributed by atoms with E-state index in [1.165, 1.54) is 11.4 Å². The Morgan fingerprint density at radius 2 is 2.04 bits per heavy atom. The van der Waals surface area contributed by atoms with E-state index in [2.05, 4.69) is 65.8 Å². The summed E-state index contributed by atoms with van der Waals surface area (Å²) < 4.78 is 2.25. The van der Waals surface area contributed by atoms with Gasteiger partial charge in [0.05, 0.1) is 17.8 Å². The first-order chi connectivity index (χ1) is 11.0. The van der Waals surface area contributed by atoms with Crippen molar-refractivity contribution in [1.29, 1.82) is 0 Å². The maximum atomic E-state index is 5.64. The van der Waals surface area contributed by atoms with Gasteiger partial charge in [-0.25, -0.2) is 0 Å². The highest BCUT2D eigenvalue weighted by molar-refractivity contribution is 7.80. The Bertz CT molecular complexity index is 692. The van der Waals surface area contributed by atoms with Crippen LogP contribution in [0.3, 0.4) is 0 Å². The number of thiocarbonyl (C=S) groups is 1. The molecule has 0 aliphatic carbocycles. The van der Waals surface area contributed by atoms with E-state index in [1.54, 1.807) is 0 Å². The summed E-state index contributed by atoms with van der Waals surface area (Å²) >= 11 is 5.64. The monoisotopic (exact) mass is 328 g/mol. The molecule has 3 rings (SSSR count). The van der Waals surface area contributed by atoms with Gasteiger partial charge >= 0.3 is 0 Å². The first-order valence-corrected chi connectivity index (χ1v) is 8.50. The summed E-state index contributed by atoms with van der Waals surface area (Å²) in [5.41, 5.74) is 3.55. The van der Waals surface area contributed by atoms with Gasteiger partial charge in [0.15, 0.2) is 5.11 Å². The minimum atomic E-state index is 0.0791. The summed E-state index contributed by atoms with van der Waals surface area (Å²) in [5, 5.41) is 4.31. The lowest BCUT2D eigenvalue weighted by molar-refractivity contribution is 0.278. The second kappa shape index (κ2) is 6.32. The summed E-state index contributed by atoms with van der Waals surface area (Å²) in [6, 6.07) is 10.7. The molecule has 1 fully saturated rings. The Labute approximate surface area is 143 Å². The highest BCUT2D eigenvalue weighted by Gasteiger charge is 2.41. The Morgan fingerprint density at radius 3 is 2.61 bits per heavy atom. The molecule has 1 N–H and O–H groups in total. The van der Waals surface area contributed by atoms with E-state index < -0.39 is 0 Å².